The first-order chi connectivity index (χ1) is 5.45. The first-order valence-corrected chi connectivity index (χ1v) is 7.98. The number of hydrogen-bond donors (Lipinski definition) is 2. The Balaban J connectivity index is 3.44. The third-order valence-electron chi connectivity index (χ3n) is 1.58. The highest BCUT2D eigenvalue weighted by molar-refractivity contribution is 8.59. The molecule has 0 fully saturated rings. The molecule has 0 amide bonds. The summed E-state index contributed by atoms with van der Waals surface area (Å²) in [5, 5.41) is 0. The minimum Gasteiger partial charge on any atom is -0.338 e. The zero-order valence-electron chi connectivity index (χ0n) is 7.56. The van der Waals surface area contributed by atoms with Crippen LogP contribution >= 0.6 is 17.9 Å². The predicted molar refractivity (Wildman–Crippen MR) is 60.1 cm³/mol. The van der Waals surface area contributed by atoms with E-state index in [0.29, 0.717) is 12.5 Å². The summed E-state index contributed by atoms with van der Waals surface area (Å²) in [5.74, 6) is 0.464. The average molecular weight is 228 g/mol. The van der Waals surface area contributed by atoms with Crippen LogP contribution < -0.4 is 0 Å². The summed E-state index contributed by atoms with van der Waals surface area (Å²) in [4.78, 5) is 9.06. The van der Waals surface area contributed by atoms with Crippen LogP contribution in [0.15, 0.2) is 0 Å². The molecule has 2 unspecified atom stereocenters. The van der Waals surface area contributed by atoms with Gasteiger partial charge in [-0.25, -0.2) is 0 Å². The van der Waals surface area contributed by atoms with Crippen molar-refractivity contribution in [3.8, 4) is 0 Å². The Labute approximate surface area is 85.0 Å². The number of unbranched alkanes of at least 4 members (excludes halogenated alkanes) is 1. The van der Waals surface area contributed by atoms with Crippen molar-refractivity contribution in [2.24, 2.45) is 5.92 Å². The van der Waals surface area contributed by atoms with Crippen LogP contribution in [0, 0.1) is 5.92 Å². The average Bonchev–Trinajstić information content (AvgIpc) is 1.95. The predicted octanol–water partition coefficient (Wildman–Crippen LogP) is 2.98. The fourth-order valence-corrected chi connectivity index (χ4v) is 1.69. The lowest BCUT2D eigenvalue weighted by Crippen LogP contribution is -2.03. The molecule has 0 aromatic carbocycles. The van der Waals surface area contributed by atoms with Gasteiger partial charge in [0.1, 0.15) is 0 Å². The largest absolute Gasteiger partial charge is 0.338 e. The highest BCUT2D eigenvalue weighted by atomic mass is 32.9. The van der Waals surface area contributed by atoms with Gasteiger partial charge < -0.3 is 9.42 Å². The van der Waals surface area contributed by atoms with Crippen LogP contribution in [0.5, 0.6) is 0 Å². The van der Waals surface area contributed by atoms with Crippen LogP contribution in [0.1, 0.15) is 33.1 Å². The molecule has 0 heterocycles. The normalized spacial score (nSPS) is 18.7. The second-order valence-electron chi connectivity index (χ2n) is 3.03. The van der Waals surface area contributed by atoms with Gasteiger partial charge in [0, 0.05) is 0 Å². The Morgan fingerprint density at radius 3 is 2.67 bits per heavy atom. The first kappa shape index (κ1) is 12.9. The summed E-state index contributed by atoms with van der Waals surface area (Å²) >= 11 is 8.40. The Kier molecular flexibility index (Phi) is 6.87. The van der Waals surface area contributed by atoms with Gasteiger partial charge in [0.15, 0.2) is 0 Å². The molecule has 0 aliphatic heterocycles. The molecular weight excluding hydrogens is 211 g/mol. The summed E-state index contributed by atoms with van der Waals surface area (Å²) in [6.45, 7) is 4.77. The molecular formula is C7H17O2PS2. The smallest absolute Gasteiger partial charge is 0.241 e. The van der Waals surface area contributed by atoms with Gasteiger partial charge in [-0.15, -0.1) is 0 Å². The maximum Gasteiger partial charge on any atom is 0.241 e. The van der Waals surface area contributed by atoms with E-state index in [-0.39, 0.29) is 0 Å². The monoisotopic (exact) mass is 228 g/mol. The SMILES string of the molecule is CCCCC(C)COP(O)(=S)S. The van der Waals surface area contributed by atoms with Gasteiger partial charge in [0.05, 0.1) is 6.61 Å². The van der Waals surface area contributed by atoms with Crippen LogP contribution in [-0.4, -0.2) is 11.5 Å². The first-order valence-electron chi connectivity index (χ1n) is 4.15. The zero-order valence-corrected chi connectivity index (χ0v) is 10.2. The van der Waals surface area contributed by atoms with E-state index < -0.39 is 5.69 Å². The van der Waals surface area contributed by atoms with E-state index in [2.05, 4.69) is 37.9 Å². The van der Waals surface area contributed by atoms with Crippen molar-refractivity contribution in [2.75, 3.05) is 6.61 Å². The maximum atomic E-state index is 9.06. The topological polar surface area (TPSA) is 29.5 Å². The summed E-state index contributed by atoms with van der Waals surface area (Å²) in [6.07, 6.45) is 3.52. The van der Waals surface area contributed by atoms with Crippen molar-refractivity contribution in [1.82, 2.24) is 0 Å². The van der Waals surface area contributed by atoms with Crippen molar-refractivity contribution in [2.45, 2.75) is 33.1 Å². The molecule has 0 rings (SSSR count). The van der Waals surface area contributed by atoms with Crippen LogP contribution in [-0.2, 0) is 16.3 Å². The van der Waals surface area contributed by atoms with E-state index >= 15 is 0 Å². The van der Waals surface area contributed by atoms with Gasteiger partial charge in [0.2, 0.25) is 5.69 Å². The quantitative estimate of drug-likeness (QED) is 0.541. The lowest BCUT2D eigenvalue weighted by molar-refractivity contribution is 0.255. The number of rotatable bonds is 6. The highest BCUT2D eigenvalue weighted by Crippen LogP contribution is 2.47. The minimum atomic E-state index is -2.72. The zero-order chi connectivity index (χ0) is 9.61. The van der Waals surface area contributed by atoms with Gasteiger partial charge in [-0.1, -0.05) is 38.9 Å². The third kappa shape index (κ3) is 9.01. The molecule has 0 aromatic heterocycles. The molecule has 0 bridgehead atoms. The molecule has 0 saturated carbocycles. The molecule has 0 radical (unpaired) electrons. The van der Waals surface area contributed by atoms with E-state index in [1.54, 1.807) is 0 Å². The minimum absolute atomic E-state index is 0.464. The van der Waals surface area contributed by atoms with Crippen molar-refractivity contribution >= 4 is 29.7 Å². The third-order valence-corrected chi connectivity index (χ3v) is 2.73. The van der Waals surface area contributed by atoms with Crippen LogP contribution in [0.2, 0.25) is 0 Å². The summed E-state index contributed by atoms with van der Waals surface area (Å²) < 4.78 is 5.03. The van der Waals surface area contributed by atoms with Crippen molar-refractivity contribution < 1.29 is 9.42 Å². The van der Waals surface area contributed by atoms with E-state index in [4.69, 9.17) is 9.42 Å². The van der Waals surface area contributed by atoms with Crippen LogP contribution in [0.3, 0.4) is 0 Å². The van der Waals surface area contributed by atoms with E-state index in [9.17, 15) is 0 Å². The van der Waals surface area contributed by atoms with Crippen LogP contribution in [0.25, 0.3) is 0 Å². The van der Waals surface area contributed by atoms with Crippen molar-refractivity contribution in [3.63, 3.8) is 0 Å². The van der Waals surface area contributed by atoms with Gasteiger partial charge in [-0.3, -0.25) is 0 Å². The van der Waals surface area contributed by atoms with Gasteiger partial charge >= 0.3 is 0 Å². The molecule has 5 heteroatoms. The standard InChI is InChI=1S/C7H17O2PS2/c1-3-4-5-7(2)6-9-10(8,11)12/h7H,3-6H2,1-2H3,(H2,8,11,12). The molecule has 74 valence electrons. The lowest BCUT2D eigenvalue weighted by atomic mass is 10.1. The van der Waals surface area contributed by atoms with Crippen molar-refractivity contribution in [3.05, 3.63) is 0 Å². The maximum absolute atomic E-state index is 9.06. The van der Waals surface area contributed by atoms with E-state index in [0.717, 1.165) is 6.42 Å². The lowest BCUT2D eigenvalue weighted by Gasteiger charge is -2.14. The summed E-state index contributed by atoms with van der Waals surface area (Å²) in [7, 11) is 0. The van der Waals surface area contributed by atoms with Gasteiger partial charge in [-0.05, 0) is 24.1 Å². The summed E-state index contributed by atoms with van der Waals surface area (Å²) in [5.41, 5.74) is -2.72. The molecule has 0 spiro atoms. The van der Waals surface area contributed by atoms with Gasteiger partial charge in [0.25, 0.3) is 0 Å². The molecule has 12 heavy (non-hydrogen) atoms. The fourth-order valence-electron chi connectivity index (χ4n) is 0.860. The Bertz CT molecular complexity index is 157. The fraction of sp³-hybridized carbons (Fsp3) is 1.00. The molecule has 2 nitrogen and oxygen atoms in total. The Morgan fingerprint density at radius 1 is 1.67 bits per heavy atom. The van der Waals surface area contributed by atoms with E-state index in [1.165, 1.54) is 12.8 Å². The molecule has 0 aliphatic carbocycles. The molecule has 0 aliphatic rings. The Morgan fingerprint density at radius 2 is 2.25 bits per heavy atom. The van der Waals surface area contributed by atoms with Crippen LogP contribution in [0.4, 0.5) is 0 Å². The van der Waals surface area contributed by atoms with Crippen molar-refractivity contribution in [1.29, 1.82) is 0 Å². The molecule has 1 N–H and O–H groups in total. The second kappa shape index (κ2) is 6.39. The molecule has 2 atom stereocenters. The highest BCUT2D eigenvalue weighted by Gasteiger charge is 2.09. The van der Waals surface area contributed by atoms with E-state index in [1.807, 2.05) is 0 Å². The number of thiol groups is 1. The Hall–Kier alpha value is 0.920. The molecule has 0 saturated heterocycles. The number of hydrogen-bond acceptors (Lipinski definition) is 2. The second-order valence-corrected chi connectivity index (χ2v) is 8.20. The summed E-state index contributed by atoms with van der Waals surface area (Å²) in [6, 6.07) is 0. The van der Waals surface area contributed by atoms with Gasteiger partial charge in [-0.2, -0.15) is 0 Å². The molecule has 0 aromatic rings.